The van der Waals surface area contributed by atoms with Gasteiger partial charge in [0.2, 0.25) is 0 Å². The van der Waals surface area contributed by atoms with Gasteiger partial charge in [-0.3, -0.25) is 0 Å². The normalized spacial score (nSPS) is 19.7. The number of nitrogens with zero attached hydrogens (tertiary/aromatic N) is 1. The van der Waals surface area contributed by atoms with Crippen LogP contribution < -0.4 is 4.90 Å². The lowest BCUT2D eigenvalue weighted by Crippen LogP contribution is -2.39. The van der Waals surface area contributed by atoms with Gasteiger partial charge in [-0.05, 0) is 37.0 Å². The van der Waals surface area contributed by atoms with E-state index < -0.39 is 0 Å². The van der Waals surface area contributed by atoms with Gasteiger partial charge in [-0.2, -0.15) is 0 Å². The lowest BCUT2D eigenvalue weighted by atomic mass is 10.1. The number of anilines is 1. The second-order valence-corrected chi connectivity index (χ2v) is 5.87. The summed E-state index contributed by atoms with van der Waals surface area (Å²) in [6, 6.07) is 6.15. The minimum atomic E-state index is 0.0725. The summed E-state index contributed by atoms with van der Waals surface area (Å²) in [5, 5.41) is 9.20. The smallest absolute Gasteiger partial charge is 0.0750 e. The molecule has 2 rings (SSSR count). The Balaban J connectivity index is 2.02. The zero-order chi connectivity index (χ0) is 13.7. The van der Waals surface area contributed by atoms with Crippen LogP contribution >= 0.6 is 15.9 Å². The van der Waals surface area contributed by atoms with Gasteiger partial charge in [0.1, 0.15) is 0 Å². The number of aliphatic hydroxyl groups excluding tert-OH is 1. The first-order valence-electron chi connectivity index (χ1n) is 7.00. The van der Waals surface area contributed by atoms with Gasteiger partial charge in [0.15, 0.2) is 0 Å². The lowest BCUT2D eigenvalue weighted by molar-refractivity contribution is 0.0440. The highest BCUT2D eigenvalue weighted by molar-refractivity contribution is 9.10. The Kier molecular flexibility index (Phi) is 5.67. The first-order chi connectivity index (χ1) is 9.24. The maximum absolute atomic E-state index is 9.20. The molecule has 0 spiro atoms. The number of rotatable bonds is 5. The van der Waals surface area contributed by atoms with Crippen LogP contribution in [0, 0.1) is 0 Å². The molecule has 1 fully saturated rings. The molecule has 1 aromatic rings. The van der Waals surface area contributed by atoms with E-state index in [-0.39, 0.29) is 6.61 Å². The van der Waals surface area contributed by atoms with Crippen molar-refractivity contribution < 1.29 is 9.84 Å². The van der Waals surface area contributed by atoms with E-state index in [0.717, 1.165) is 42.6 Å². The number of benzene rings is 1. The SMILES string of the molecule is CCCOC1CCCN(c2ccc(CO)c(Br)c2)C1. The van der Waals surface area contributed by atoms with Crippen LogP contribution in [0.3, 0.4) is 0 Å². The van der Waals surface area contributed by atoms with Crippen molar-refractivity contribution in [1.82, 2.24) is 0 Å². The number of hydrogen-bond donors (Lipinski definition) is 1. The highest BCUT2D eigenvalue weighted by atomic mass is 79.9. The van der Waals surface area contributed by atoms with Gasteiger partial charge in [-0.25, -0.2) is 0 Å². The van der Waals surface area contributed by atoms with Crippen molar-refractivity contribution >= 4 is 21.6 Å². The molecule has 3 nitrogen and oxygen atoms in total. The van der Waals surface area contributed by atoms with Crippen LogP contribution in [-0.4, -0.2) is 30.9 Å². The fourth-order valence-electron chi connectivity index (χ4n) is 2.45. The molecule has 0 aromatic heterocycles. The van der Waals surface area contributed by atoms with Crippen molar-refractivity contribution in [3.05, 3.63) is 28.2 Å². The molecular formula is C15H22BrNO2. The summed E-state index contributed by atoms with van der Waals surface area (Å²) in [6.07, 6.45) is 3.76. The van der Waals surface area contributed by atoms with Gasteiger partial charge >= 0.3 is 0 Å². The van der Waals surface area contributed by atoms with Crippen molar-refractivity contribution in [3.8, 4) is 0 Å². The summed E-state index contributed by atoms with van der Waals surface area (Å²) in [4.78, 5) is 2.37. The number of ether oxygens (including phenoxy) is 1. The summed E-state index contributed by atoms with van der Waals surface area (Å²) in [5.41, 5.74) is 2.13. The quantitative estimate of drug-likeness (QED) is 0.900. The molecule has 0 amide bonds. The molecule has 0 bridgehead atoms. The van der Waals surface area contributed by atoms with Crippen molar-refractivity contribution in [2.75, 3.05) is 24.6 Å². The summed E-state index contributed by atoms with van der Waals surface area (Å²) in [6.45, 7) is 5.11. The summed E-state index contributed by atoms with van der Waals surface area (Å²) in [5.74, 6) is 0. The van der Waals surface area contributed by atoms with E-state index in [1.165, 1.54) is 12.1 Å². The van der Waals surface area contributed by atoms with Crippen LogP contribution in [0.4, 0.5) is 5.69 Å². The van der Waals surface area contributed by atoms with Gasteiger partial charge < -0.3 is 14.7 Å². The Morgan fingerprint density at radius 1 is 1.47 bits per heavy atom. The van der Waals surface area contributed by atoms with Crippen molar-refractivity contribution in [1.29, 1.82) is 0 Å². The minimum Gasteiger partial charge on any atom is -0.392 e. The lowest BCUT2D eigenvalue weighted by Gasteiger charge is -2.34. The summed E-state index contributed by atoms with van der Waals surface area (Å²) in [7, 11) is 0. The van der Waals surface area contributed by atoms with Gasteiger partial charge in [0, 0.05) is 29.9 Å². The van der Waals surface area contributed by atoms with E-state index in [1.807, 2.05) is 6.07 Å². The van der Waals surface area contributed by atoms with Crippen LogP contribution in [0.2, 0.25) is 0 Å². The maximum atomic E-state index is 9.20. The third-order valence-electron chi connectivity index (χ3n) is 3.51. The van der Waals surface area contributed by atoms with E-state index >= 15 is 0 Å². The molecular weight excluding hydrogens is 306 g/mol. The molecule has 4 heteroatoms. The van der Waals surface area contributed by atoms with E-state index in [9.17, 15) is 5.11 Å². The molecule has 0 aliphatic carbocycles. The van der Waals surface area contributed by atoms with E-state index in [0.29, 0.717) is 6.10 Å². The zero-order valence-electron chi connectivity index (χ0n) is 11.4. The molecule has 0 radical (unpaired) electrons. The molecule has 1 saturated heterocycles. The highest BCUT2D eigenvalue weighted by Crippen LogP contribution is 2.27. The van der Waals surface area contributed by atoms with Gasteiger partial charge in [-0.1, -0.05) is 28.9 Å². The molecule has 0 saturated carbocycles. The predicted octanol–water partition coefficient (Wildman–Crippen LogP) is 3.34. The van der Waals surface area contributed by atoms with E-state index in [1.54, 1.807) is 0 Å². The van der Waals surface area contributed by atoms with Gasteiger partial charge in [0.25, 0.3) is 0 Å². The number of piperidine rings is 1. The third-order valence-corrected chi connectivity index (χ3v) is 4.25. The van der Waals surface area contributed by atoms with Crippen LogP contribution in [0.15, 0.2) is 22.7 Å². The number of halogens is 1. The first-order valence-corrected chi connectivity index (χ1v) is 7.79. The standard InChI is InChI=1S/C15H22BrNO2/c1-2-8-19-14-4-3-7-17(10-14)13-6-5-12(11-18)15(16)9-13/h5-6,9,14,18H,2-4,7-8,10-11H2,1H3. The monoisotopic (exact) mass is 327 g/mol. The summed E-state index contributed by atoms with van der Waals surface area (Å²) >= 11 is 3.51. The third kappa shape index (κ3) is 3.94. The Labute approximate surface area is 123 Å². The average Bonchev–Trinajstić information content (AvgIpc) is 2.45. The molecule has 1 aliphatic rings. The van der Waals surface area contributed by atoms with Crippen LogP contribution in [0.1, 0.15) is 31.7 Å². The Morgan fingerprint density at radius 3 is 3.00 bits per heavy atom. The van der Waals surface area contributed by atoms with Crippen LogP contribution in [0.25, 0.3) is 0 Å². The Hall–Kier alpha value is -0.580. The molecule has 1 atom stereocenters. The second kappa shape index (κ2) is 7.27. The molecule has 1 aliphatic heterocycles. The van der Waals surface area contributed by atoms with Crippen molar-refractivity contribution in [2.45, 2.75) is 38.9 Å². The molecule has 1 aromatic carbocycles. The summed E-state index contributed by atoms with van der Waals surface area (Å²) < 4.78 is 6.84. The van der Waals surface area contributed by atoms with Gasteiger partial charge in [-0.15, -0.1) is 0 Å². The Bertz CT molecular complexity index is 411. The molecule has 19 heavy (non-hydrogen) atoms. The van der Waals surface area contributed by atoms with E-state index in [2.05, 4.69) is 39.9 Å². The van der Waals surface area contributed by atoms with E-state index in [4.69, 9.17) is 4.74 Å². The minimum absolute atomic E-state index is 0.0725. The predicted molar refractivity (Wildman–Crippen MR) is 81.5 cm³/mol. The second-order valence-electron chi connectivity index (χ2n) is 5.01. The number of hydrogen-bond acceptors (Lipinski definition) is 3. The maximum Gasteiger partial charge on any atom is 0.0750 e. The Morgan fingerprint density at radius 2 is 2.32 bits per heavy atom. The van der Waals surface area contributed by atoms with Crippen molar-refractivity contribution in [3.63, 3.8) is 0 Å². The fourth-order valence-corrected chi connectivity index (χ4v) is 2.95. The highest BCUT2D eigenvalue weighted by Gasteiger charge is 2.20. The molecule has 1 unspecified atom stereocenters. The van der Waals surface area contributed by atoms with Crippen molar-refractivity contribution in [2.24, 2.45) is 0 Å². The molecule has 106 valence electrons. The van der Waals surface area contributed by atoms with Gasteiger partial charge in [0.05, 0.1) is 12.7 Å². The topological polar surface area (TPSA) is 32.7 Å². The van der Waals surface area contributed by atoms with Crippen LogP contribution in [0.5, 0.6) is 0 Å². The molecule has 1 heterocycles. The zero-order valence-corrected chi connectivity index (χ0v) is 13.0. The average molecular weight is 328 g/mol. The first kappa shape index (κ1) is 14.8. The fraction of sp³-hybridized carbons (Fsp3) is 0.600. The molecule has 1 N–H and O–H groups in total. The number of aliphatic hydroxyl groups is 1. The largest absolute Gasteiger partial charge is 0.392 e. The van der Waals surface area contributed by atoms with Crippen LogP contribution in [-0.2, 0) is 11.3 Å².